The zero-order valence-electron chi connectivity index (χ0n) is 15.0. The van der Waals surface area contributed by atoms with Crippen LogP contribution in [0.3, 0.4) is 0 Å². The Morgan fingerprint density at radius 2 is 1.92 bits per heavy atom. The van der Waals surface area contributed by atoms with Crippen LogP contribution >= 0.6 is 11.6 Å². The van der Waals surface area contributed by atoms with Crippen LogP contribution in [0.1, 0.15) is 24.0 Å². The molecule has 1 aliphatic rings. The first-order valence-electron chi connectivity index (χ1n) is 8.87. The Balaban J connectivity index is 1.60. The van der Waals surface area contributed by atoms with Crippen molar-refractivity contribution in [3.63, 3.8) is 0 Å². The van der Waals surface area contributed by atoms with E-state index in [-0.39, 0.29) is 17.9 Å². The van der Waals surface area contributed by atoms with Crippen LogP contribution in [0, 0.1) is 6.92 Å². The number of rotatable bonds is 6. The van der Waals surface area contributed by atoms with Gasteiger partial charge in [-0.3, -0.25) is 4.79 Å². The van der Waals surface area contributed by atoms with Gasteiger partial charge in [0.2, 0.25) is 0 Å². The van der Waals surface area contributed by atoms with Gasteiger partial charge in [-0.05, 0) is 49.6 Å². The molecule has 0 unspecified atom stereocenters. The molecule has 1 fully saturated rings. The van der Waals surface area contributed by atoms with Crippen molar-refractivity contribution in [1.82, 2.24) is 5.32 Å². The van der Waals surface area contributed by atoms with Crippen molar-refractivity contribution in [2.45, 2.75) is 25.2 Å². The predicted octanol–water partition coefficient (Wildman–Crippen LogP) is 3.89. The summed E-state index contributed by atoms with van der Waals surface area (Å²) in [4.78, 5) is 12.3. The molecule has 1 saturated heterocycles. The molecule has 2 aromatic rings. The molecule has 4 nitrogen and oxygen atoms in total. The summed E-state index contributed by atoms with van der Waals surface area (Å²) in [6.45, 7) is 3.93. The van der Waals surface area contributed by atoms with Crippen LogP contribution in [0.5, 0.6) is 5.75 Å². The Kier molecular flexibility index (Phi) is 6.17. The average Bonchev–Trinajstić information content (AvgIpc) is 2.67. The average molecular weight is 374 g/mol. The number of carbonyl (C=O) groups is 1. The largest absolute Gasteiger partial charge is 0.484 e. The zero-order valence-corrected chi connectivity index (χ0v) is 15.7. The molecule has 1 N–H and O–H groups in total. The fourth-order valence-corrected chi connectivity index (χ4v) is 3.44. The maximum Gasteiger partial charge on any atom is 0.257 e. The Bertz CT molecular complexity index is 739. The molecule has 1 amide bonds. The molecular formula is C21H24ClNO3. The minimum absolute atomic E-state index is 0.00515. The number of carbonyl (C=O) groups excluding carboxylic acids is 1. The fourth-order valence-electron chi connectivity index (χ4n) is 3.25. The second-order valence-electron chi connectivity index (χ2n) is 6.78. The normalized spacial score (nSPS) is 16.1. The highest BCUT2D eigenvalue weighted by molar-refractivity contribution is 6.30. The summed E-state index contributed by atoms with van der Waals surface area (Å²) >= 11 is 6.18. The summed E-state index contributed by atoms with van der Waals surface area (Å²) in [5.41, 5.74) is 2.15. The second-order valence-corrected chi connectivity index (χ2v) is 7.22. The number of ether oxygens (including phenoxy) is 2. The molecule has 0 spiro atoms. The Morgan fingerprint density at radius 1 is 1.19 bits per heavy atom. The van der Waals surface area contributed by atoms with Gasteiger partial charge in [-0.1, -0.05) is 41.4 Å². The summed E-state index contributed by atoms with van der Waals surface area (Å²) < 4.78 is 11.1. The smallest absolute Gasteiger partial charge is 0.257 e. The van der Waals surface area contributed by atoms with Gasteiger partial charge in [-0.2, -0.15) is 0 Å². The van der Waals surface area contributed by atoms with Crippen molar-refractivity contribution in [2.75, 3.05) is 26.4 Å². The minimum atomic E-state index is -0.150. The molecule has 2 aromatic carbocycles. The molecule has 3 rings (SSSR count). The van der Waals surface area contributed by atoms with Crippen LogP contribution in [0.25, 0.3) is 0 Å². The van der Waals surface area contributed by atoms with Gasteiger partial charge < -0.3 is 14.8 Å². The van der Waals surface area contributed by atoms with Crippen molar-refractivity contribution in [2.24, 2.45) is 0 Å². The predicted molar refractivity (Wildman–Crippen MR) is 103 cm³/mol. The highest BCUT2D eigenvalue weighted by atomic mass is 35.5. The van der Waals surface area contributed by atoms with E-state index in [1.807, 2.05) is 49.4 Å². The van der Waals surface area contributed by atoms with Crippen molar-refractivity contribution in [1.29, 1.82) is 0 Å². The van der Waals surface area contributed by atoms with E-state index in [1.165, 1.54) is 0 Å². The first-order chi connectivity index (χ1) is 12.6. The maximum atomic E-state index is 12.3. The van der Waals surface area contributed by atoms with Crippen LogP contribution in [-0.4, -0.2) is 32.3 Å². The van der Waals surface area contributed by atoms with Gasteiger partial charge in [0.05, 0.1) is 0 Å². The van der Waals surface area contributed by atoms with Crippen molar-refractivity contribution in [3.8, 4) is 5.75 Å². The SMILES string of the molecule is Cc1ccc(OCC(=O)NCC2(c3cccc(Cl)c3)CCOCC2)cc1. The third-order valence-corrected chi connectivity index (χ3v) is 5.14. The third-order valence-electron chi connectivity index (χ3n) is 4.90. The topological polar surface area (TPSA) is 47.6 Å². The maximum absolute atomic E-state index is 12.3. The number of nitrogens with one attached hydrogen (secondary N) is 1. The first-order valence-corrected chi connectivity index (χ1v) is 9.25. The zero-order chi connectivity index (χ0) is 18.4. The summed E-state index contributed by atoms with van der Waals surface area (Å²) in [6, 6.07) is 15.5. The second kappa shape index (κ2) is 8.56. The number of hydrogen-bond donors (Lipinski definition) is 1. The summed E-state index contributed by atoms with van der Waals surface area (Å²) in [7, 11) is 0. The summed E-state index contributed by atoms with van der Waals surface area (Å²) in [6.07, 6.45) is 1.71. The Labute approximate surface area is 159 Å². The summed E-state index contributed by atoms with van der Waals surface area (Å²) in [5.74, 6) is 0.569. The molecule has 26 heavy (non-hydrogen) atoms. The van der Waals surface area contributed by atoms with E-state index in [4.69, 9.17) is 21.1 Å². The number of hydrogen-bond acceptors (Lipinski definition) is 3. The van der Waals surface area contributed by atoms with Crippen molar-refractivity contribution >= 4 is 17.5 Å². The Morgan fingerprint density at radius 3 is 2.62 bits per heavy atom. The quantitative estimate of drug-likeness (QED) is 0.835. The lowest BCUT2D eigenvalue weighted by Gasteiger charge is -2.38. The number of benzene rings is 2. The summed E-state index contributed by atoms with van der Waals surface area (Å²) in [5, 5.41) is 3.74. The number of amides is 1. The molecule has 0 atom stereocenters. The van der Waals surface area contributed by atoms with Crippen LogP contribution < -0.4 is 10.1 Å². The van der Waals surface area contributed by atoms with E-state index >= 15 is 0 Å². The molecule has 0 bridgehead atoms. The van der Waals surface area contributed by atoms with Gasteiger partial charge in [0, 0.05) is 30.2 Å². The van der Waals surface area contributed by atoms with Crippen LogP contribution in [0.4, 0.5) is 0 Å². The fraction of sp³-hybridized carbons (Fsp3) is 0.381. The molecule has 0 saturated carbocycles. The molecule has 138 valence electrons. The monoisotopic (exact) mass is 373 g/mol. The van der Waals surface area contributed by atoms with Crippen LogP contribution in [0.2, 0.25) is 5.02 Å². The van der Waals surface area contributed by atoms with Gasteiger partial charge in [0.15, 0.2) is 6.61 Å². The Hall–Kier alpha value is -2.04. The number of halogens is 1. The molecule has 5 heteroatoms. The highest BCUT2D eigenvalue weighted by Crippen LogP contribution is 2.35. The standard InChI is InChI=1S/C21H24ClNO3/c1-16-5-7-19(8-6-16)26-14-20(24)23-15-21(9-11-25-12-10-21)17-3-2-4-18(22)13-17/h2-8,13H,9-12,14-15H2,1H3,(H,23,24). The van der Waals surface area contributed by atoms with Gasteiger partial charge >= 0.3 is 0 Å². The van der Waals surface area contributed by atoms with E-state index < -0.39 is 0 Å². The van der Waals surface area contributed by atoms with E-state index in [0.717, 1.165) is 24.0 Å². The minimum Gasteiger partial charge on any atom is -0.484 e. The lowest BCUT2D eigenvalue weighted by molar-refractivity contribution is -0.123. The number of aryl methyl sites for hydroxylation is 1. The lowest BCUT2D eigenvalue weighted by Crippen LogP contribution is -2.45. The van der Waals surface area contributed by atoms with E-state index in [9.17, 15) is 4.79 Å². The van der Waals surface area contributed by atoms with Gasteiger partial charge in [0.25, 0.3) is 5.91 Å². The van der Waals surface area contributed by atoms with Crippen molar-refractivity contribution < 1.29 is 14.3 Å². The molecule has 1 heterocycles. The van der Waals surface area contributed by atoms with Gasteiger partial charge in [0.1, 0.15) is 5.75 Å². The third kappa shape index (κ3) is 4.77. The lowest BCUT2D eigenvalue weighted by atomic mass is 9.74. The van der Waals surface area contributed by atoms with Crippen LogP contribution in [-0.2, 0) is 14.9 Å². The van der Waals surface area contributed by atoms with E-state index in [1.54, 1.807) is 0 Å². The molecule has 0 radical (unpaired) electrons. The molecule has 0 aliphatic carbocycles. The highest BCUT2D eigenvalue weighted by Gasteiger charge is 2.35. The first kappa shape index (κ1) is 18.7. The van der Waals surface area contributed by atoms with E-state index in [0.29, 0.717) is 30.5 Å². The van der Waals surface area contributed by atoms with Gasteiger partial charge in [-0.25, -0.2) is 0 Å². The molecule has 0 aromatic heterocycles. The molecule has 1 aliphatic heterocycles. The van der Waals surface area contributed by atoms with Crippen molar-refractivity contribution in [3.05, 3.63) is 64.7 Å². The van der Waals surface area contributed by atoms with Gasteiger partial charge in [-0.15, -0.1) is 0 Å². The van der Waals surface area contributed by atoms with Crippen LogP contribution in [0.15, 0.2) is 48.5 Å². The van der Waals surface area contributed by atoms with E-state index in [2.05, 4.69) is 11.4 Å². The molecular weight excluding hydrogens is 350 g/mol.